The van der Waals surface area contributed by atoms with Crippen LogP contribution in [0, 0.1) is 0 Å². The summed E-state index contributed by atoms with van der Waals surface area (Å²) in [6, 6.07) is 0. The first-order valence-corrected chi connectivity index (χ1v) is 4.50. The van der Waals surface area contributed by atoms with Gasteiger partial charge in [-0.2, -0.15) is 0 Å². The molecule has 1 saturated heterocycles. The van der Waals surface area contributed by atoms with Crippen molar-refractivity contribution in [3.63, 3.8) is 0 Å². The van der Waals surface area contributed by atoms with E-state index in [0.717, 1.165) is 19.6 Å². The maximum atomic E-state index is 3.40. The fraction of sp³-hybridized carbons (Fsp3) is 1.00. The zero-order valence-electron chi connectivity index (χ0n) is 7.64. The van der Waals surface area contributed by atoms with Gasteiger partial charge in [0, 0.05) is 32.7 Å². The third-order valence-corrected chi connectivity index (χ3v) is 2.09. The minimum Gasteiger partial charge on any atom is -0.304 e. The van der Waals surface area contributed by atoms with Gasteiger partial charge in [0.1, 0.15) is 0 Å². The Morgan fingerprint density at radius 2 is 1.82 bits per heavy atom. The van der Waals surface area contributed by atoms with Gasteiger partial charge in [-0.15, -0.1) is 0 Å². The summed E-state index contributed by atoms with van der Waals surface area (Å²) in [5.74, 6) is 0. The van der Waals surface area contributed by atoms with Crippen LogP contribution in [0.1, 0.15) is 13.3 Å². The Hall–Kier alpha value is -0.120. The lowest BCUT2D eigenvalue weighted by atomic mass is 10.4. The predicted molar refractivity (Wildman–Crippen MR) is 47.4 cm³/mol. The van der Waals surface area contributed by atoms with Gasteiger partial charge in [0.05, 0.1) is 0 Å². The van der Waals surface area contributed by atoms with Crippen molar-refractivity contribution < 1.29 is 0 Å². The maximum Gasteiger partial charge on any atom is 0.0259 e. The van der Waals surface area contributed by atoms with Crippen LogP contribution in [0.15, 0.2) is 0 Å². The van der Waals surface area contributed by atoms with Gasteiger partial charge in [-0.3, -0.25) is 5.43 Å². The number of piperazine rings is 1. The van der Waals surface area contributed by atoms with E-state index in [1.165, 1.54) is 19.5 Å². The molecule has 11 heavy (non-hydrogen) atoms. The standard InChI is InChI=1S/C8H19N3/c1-3-4-9-11-7-5-10(2)6-8-11/h9H,3-8H2,1-2H3. The molecule has 0 aromatic rings. The number of hydrogen-bond donors (Lipinski definition) is 1. The molecule has 1 N–H and O–H groups in total. The Balaban J connectivity index is 2.07. The summed E-state index contributed by atoms with van der Waals surface area (Å²) in [5.41, 5.74) is 3.40. The molecule has 66 valence electrons. The fourth-order valence-corrected chi connectivity index (χ4v) is 1.23. The zero-order chi connectivity index (χ0) is 8.10. The molecule has 3 heteroatoms. The average molecular weight is 157 g/mol. The summed E-state index contributed by atoms with van der Waals surface area (Å²) in [4.78, 5) is 2.37. The Morgan fingerprint density at radius 1 is 1.18 bits per heavy atom. The molecule has 0 bridgehead atoms. The van der Waals surface area contributed by atoms with Crippen LogP contribution in [0.5, 0.6) is 0 Å². The molecule has 1 fully saturated rings. The third kappa shape index (κ3) is 3.18. The van der Waals surface area contributed by atoms with E-state index in [4.69, 9.17) is 0 Å². The van der Waals surface area contributed by atoms with Crippen LogP contribution in [-0.2, 0) is 0 Å². The van der Waals surface area contributed by atoms with Crippen molar-refractivity contribution in [2.75, 3.05) is 39.8 Å². The molecule has 0 unspecified atom stereocenters. The van der Waals surface area contributed by atoms with Crippen molar-refractivity contribution in [2.45, 2.75) is 13.3 Å². The highest BCUT2D eigenvalue weighted by Gasteiger charge is 2.11. The summed E-state index contributed by atoms with van der Waals surface area (Å²) in [6.07, 6.45) is 1.21. The Bertz CT molecular complexity index is 94.8. The molecule has 0 spiro atoms. The third-order valence-electron chi connectivity index (χ3n) is 2.09. The highest BCUT2D eigenvalue weighted by molar-refractivity contribution is 4.65. The van der Waals surface area contributed by atoms with Gasteiger partial charge in [0.15, 0.2) is 0 Å². The molecule has 0 amide bonds. The number of hydrogen-bond acceptors (Lipinski definition) is 3. The van der Waals surface area contributed by atoms with E-state index in [9.17, 15) is 0 Å². The van der Waals surface area contributed by atoms with Gasteiger partial charge >= 0.3 is 0 Å². The predicted octanol–water partition coefficient (Wildman–Crippen LogP) is 0.148. The fourth-order valence-electron chi connectivity index (χ4n) is 1.23. The van der Waals surface area contributed by atoms with Gasteiger partial charge in [-0.25, -0.2) is 5.01 Å². The topological polar surface area (TPSA) is 18.5 Å². The lowest BCUT2D eigenvalue weighted by Crippen LogP contribution is -2.50. The van der Waals surface area contributed by atoms with E-state index in [0.29, 0.717) is 0 Å². The smallest absolute Gasteiger partial charge is 0.0259 e. The van der Waals surface area contributed by atoms with Crippen LogP contribution in [0.4, 0.5) is 0 Å². The van der Waals surface area contributed by atoms with Crippen molar-refractivity contribution >= 4 is 0 Å². The van der Waals surface area contributed by atoms with Crippen LogP contribution in [0.2, 0.25) is 0 Å². The van der Waals surface area contributed by atoms with Crippen molar-refractivity contribution in [1.82, 2.24) is 15.3 Å². The molecule has 1 rings (SSSR count). The Labute approximate surface area is 69.3 Å². The normalized spacial score (nSPS) is 22.4. The summed E-state index contributed by atoms with van der Waals surface area (Å²) < 4.78 is 0. The molecule has 0 radical (unpaired) electrons. The summed E-state index contributed by atoms with van der Waals surface area (Å²) in [6.45, 7) is 8.02. The summed E-state index contributed by atoms with van der Waals surface area (Å²) in [7, 11) is 2.18. The minimum atomic E-state index is 1.11. The lowest BCUT2D eigenvalue weighted by Gasteiger charge is -2.32. The number of nitrogens with one attached hydrogen (secondary N) is 1. The second-order valence-electron chi connectivity index (χ2n) is 3.20. The highest BCUT2D eigenvalue weighted by Crippen LogP contribution is 1.94. The molecule has 0 aromatic carbocycles. The molecular weight excluding hydrogens is 138 g/mol. The molecule has 0 aliphatic carbocycles. The van der Waals surface area contributed by atoms with E-state index < -0.39 is 0 Å². The van der Waals surface area contributed by atoms with Crippen molar-refractivity contribution in [1.29, 1.82) is 0 Å². The van der Waals surface area contributed by atoms with Crippen LogP contribution in [0.25, 0.3) is 0 Å². The molecule has 1 aliphatic heterocycles. The summed E-state index contributed by atoms with van der Waals surface area (Å²) in [5, 5.41) is 2.32. The quantitative estimate of drug-likeness (QED) is 0.629. The Morgan fingerprint density at radius 3 is 2.36 bits per heavy atom. The molecule has 1 aliphatic rings. The monoisotopic (exact) mass is 157 g/mol. The molecule has 3 nitrogen and oxygen atoms in total. The number of nitrogens with zero attached hydrogens (tertiary/aromatic N) is 2. The summed E-state index contributed by atoms with van der Waals surface area (Å²) >= 11 is 0. The van der Waals surface area contributed by atoms with E-state index in [-0.39, 0.29) is 0 Å². The van der Waals surface area contributed by atoms with E-state index in [2.05, 4.69) is 29.3 Å². The maximum absolute atomic E-state index is 3.40. The first kappa shape index (κ1) is 8.97. The Kier molecular flexibility index (Phi) is 3.83. The molecule has 0 atom stereocenters. The van der Waals surface area contributed by atoms with Gasteiger partial charge < -0.3 is 4.90 Å². The van der Waals surface area contributed by atoms with Gasteiger partial charge in [0.25, 0.3) is 0 Å². The van der Waals surface area contributed by atoms with Gasteiger partial charge in [-0.05, 0) is 13.5 Å². The van der Waals surface area contributed by atoms with E-state index in [1.54, 1.807) is 0 Å². The average Bonchev–Trinajstić information content (AvgIpc) is 2.04. The number of rotatable bonds is 3. The van der Waals surface area contributed by atoms with Crippen LogP contribution in [0.3, 0.4) is 0 Å². The SMILES string of the molecule is CCCNN1CCN(C)CC1. The molecule has 0 saturated carbocycles. The van der Waals surface area contributed by atoms with Crippen molar-refractivity contribution in [2.24, 2.45) is 0 Å². The second kappa shape index (κ2) is 4.70. The molecule has 0 aromatic heterocycles. The van der Waals surface area contributed by atoms with E-state index >= 15 is 0 Å². The van der Waals surface area contributed by atoms with Gasteiger partial charge in [0.2, 0.25) is 0 Å². The minimum absolute atomic E-state index is 1.11. The van der Waals surface area contributed by atoms with Crippen LogP contribution < -0.4 is 5.43 Å². The number of likely N-dealkylation sites (N-methyl/N-ethyl adjacent to an activating group) is 1. The number of hydrazine groups is 1. The van der Waals surface area contributed by atoms with Crippen LogP contribution >= 0.6 is 0 Å². The van der Waals surface area contributed by atoms with E-state index in [1.807, 2.05) is 0 Å². The largest absolute Gasteiger partial charge is 0.304 e. The second-order valence-corrected chi connectivity index (χ2v) is 3.20. The highest BCUT2D eigenvalue weighted by atomic mass is 15.5. The van der Waals surface area contributed by atoms with Crippen molar-refractivity contribution in [3.05, 3.63) is 0 Å². The molecular formula is C8H19N3. The molecule has 1 heterocycles. The van der Waals surface area contributed by atoms with Gasteiger partial charge in [-0.1, -0.05) is 6.92 Å². The first-order valence-electron chi connectivity index (χ1n) is 4.50. The van der Waals surface area contributed by atoms with Crippen molar-refractivity contribution in [3.8, 4) is 0 Å². The lowest BCUT2D eigenvalue weighted by molar-refractivity contribution is 0.105. The van der Waals surface area contributed by atoms with Crippen LogP contribution in [-0.4, -0.2) is 49.7 Å². The zero-order valence-corrected chi connectivity index (χ0v) is 7.64. The first-order chi connectivity index (χ1) is 5.33.